The summed E-state index contributed by atoms with van der Waals surface area (Å²) in [5.74, 6) is -1.10. The predicted octanol–water partition coefficient (Wildman–Crippen LogP) is 0.331. The Kier molecular flexibility index (Phi) is 3.42. The van der Waals surface area contributed by atoms with E-state index in [1.807, 2.05) is 0 Å². The van der Waals surface area contributed by atoms with Crippen LogP contribution in [0.15, 0.2) is 22.9 Å². The molecule has 0 saturated carbocycles. The van der Waals surface area contributed by atoms with E-state index in [-0.39, 0.29) is 12.3 Å². The van der Waals surface area contributed by atoms with E-state index in [9.17, 15) is 14.4 Å². The lowest BCUT2D eigenvalue weighted by Gasteiger charge is -2.10. The Labute approximate surface area is 111 Å². The molecule has 2 heterocycles. The first-order valence-corrected chi connectivity index (χ1v) is 6.01. The molecule has 6 nitrogen and oxygen atoms in total. The molecule has 1 aromatic rings. The van der Waals surface area contributed by atoms with Crippen LogP contribution in [0.5, 0.6) is 0 Å². The van der Waals surface area contributed by atoms with Gasteiger partial charge in [-0.3, -0.25) is 19.3 Å². The molecule has 1 fully saturated rings. The average Bonchev–Trinajstić information content (AvgIpc) is 2.58. The normalized spacial score (nSPS) is 19.2. The quantitative estimate of drug-likeness (QED) is 0.630. The smallest absolute Gasteiger partial charge is 0.253 e. The van der Waals surface area contributed by atoms with Crippen LogP contribution in [0, 0.1) is 0 Å². The van der Waals surface area contributed by atoms with Crippen molar-refractivity contribution in [2.75, 3.05) is 7.05 Å². The van der Waals surface area contributed by atoms with E-state index >= 15 is 0 Å². The summed E-state index contributed by atoms with van der Waals surface area (Å²) in [6.07, 6.45) is 1.40. The third kappa shape index (κ3) is 2.40. The third-order valence-corrected chi connectivity index (χ3v) is 3.15. The number of likely N-dealkylation sites (tertiary alicyclic amines) is 1. The third-order valence-electron chi connectivity index (χ3n) is 2.68. The van der Waals surface area contributed by atoms with Crippen molar-refractivity contribution in [3.8, 4) is 0 Å². The minimum atomic E-state index is -0.779. The van der Waals surface area contributed by atoms with E-state index in [2.05, 4.69) is 26.2 Å². The molecule has 0 bridgehead atoms. The van der Waals surface area contributed by atoms with Gasteiger partial charge in [-0.05, 0) is 28.1 Å². The molecular formula is C11H10BrN3O3. The standard InChI is InChI=1S/C11H10BrN3O3/c1-15-9(16)4-7(11(15)18)14-10(17)6-2-3-8(12)13-5-6/h2-3,5,7H,4H2,1H3,(H,14,17). The van der Waals surface area contributed by atoms with Gasteiger partial charge < -0.3 is 5.32 Å². The fraction of sp³-hybridized carbons (Fsp3) is 0.273. The molecule has 94 valence electrons. The molecule has 1 N–H and O–H groups in total. The van der Waals surface area contributed by atoms with Crippen LogP contribution < -0.4 is 5.32 Å². The maximum Gasteiger partial charge on any atom is 0.253 e. The number of nitrogens with one attached hydrogen (secondary N) is 1. The summed E-state index contributed by atoms with van der Waals surface area (Å²) in [5, 5.41) is 2.52. The van der Waals surface area contributed by atoms with E-state index < -0.39 is 17.9 Å². The molecule has 1 unspecified atom stereocenters. The summed E-state index contributed by atoms with van der Waals surface area (Å²) in [4.78, 5) is 39.7. The first-order valence-electron chi connectivity index (χ1n) is 5.22. The molecule has 0 spiro atoms. The molecule has 2 rings (SSSR count). The lowest BCUT2D eigenvalue weighted by Crippen LogP contribution is -2.40. The van der Waals surface area contributed by atoms with Crippen LogP contribution in [0.1, 0.15) is 16.8 Å². The van der Waals surface area contributed by atoms with E-state index in [0.717, 1.165) is 4.90 Å². The summed E-state index contributed by atoms with van der Waals surface area (Å²) in [5.41, 5.74) is 0.341. The van der Waals surface area contributed by atoms with Crippen LogP contribution in [-0.2, 0) is 9.59 Å². The van der Waals surface area contributed by atoms with Crippen molar-refractivity contribution in [2.24, 2.45) is 0 Å². The average molecular weight is 312 g/mol. The van der Waals surface area contributed by atoms with Crippen LogP contribution in [-0.4, -0.2) is 40.7 Å². The first kappa shape index (κ1) is 12.7. The molecule has 7 heteroatoms. The number of likely N-dealkylation sites (N-methyl/N-ethyl adjacent to an activating group) is 1. The van der Waals surface area contributed by atoms with Gasteiger partial charge in [-0.1, -0.05) is 0 Å². The Morgan fingerprint density at radius 1 is 1.50 bits per heavy atom. The minimum absolute atomic E-state index is 0.00499. The topological polar surface area (TPSA) is 79.4 Å². The van der Waals surface area contributed by atoms with Crippen LogP contribution in [0.3, 0.4) is 0 Å². The Bertz CT molecular complexity index is 515. The Balaban J connectivity index is 2.06. The monoisotopic (exact) mass is 311 g/mol. The molecule has 0 radical (unpaired) electrons. The molecule has 0 aromatic carbocycles. The van der Waals surface area contributed by atoms with Gasteiger partial charge in [0, 0.05) is 13.2 Å². The van der Waals surface area contributed by atoms with Crippen LogP contribution >= 0.6 is 15.9 Å². The van der Waals surface area contributed by atoms with Gasteiger partial charge in [0.15, 0.2) is 0 Å². The van der Waals surface area contributed by atoms with Gasteiger partial charge in [0.1, 0.15) is 10.6 Å². The van der Waals surface area contributed by atoms with Crippen LogP contribution in [0.2, 0.25) is 0 Å². The number of hydrogen-bond acceptors (Lipinski definition) is 4. The number of imide groups is 1. The number of pyridine rings is 1. The van der Waals surface area contributed by atoms with Gasteiger partial charge in [-0.15, -0.1) is 0 Å². The second-order valence-electron chi connectivity index (χ2n) is 3.89. The second kappa shape index (κ2) is 4.85. The lowest BCUT2D eigenvalue weighted by molar-refractivity contribution is -0.137. The maximum absolute atomic E-state index is 11.8. The van der Waals surface area contributed by atoms with Gasteiger partial charge >= 0.3 is 0 Å². The van der Waals surface area contributed by atoms with Crippen molar-refractivity contribution < 1.29 is 14.4 Å². The van der Waals surface area contributed by atoms with Gasteiger partial charge in [0.2, 0.25) is 5.91 Å². The highest BCUT2D eigenvalue weighted by atomic mass is 79.9. The number of nitrogens with zero attached hydrogens (tertiary/aromatic N) is 2. The number of aromatic nitrogens is 1. The summed E-state index contributed by atoms with van der Waals surface area (Å²) < 4.78 is 0.617. The molecule has 0 aliphatic carbocycles. The van der Waals surface area contributed by atoms with Crippen molar-refractivity contribution >= 4 is 33.7 Å². The largest absolute Gasteiger partial charge is 0.340 e. The molecule has 1 aliphatic rings. The van der Waals surface area contributed by atoms with E-state index in [1.165, 1.54) is 13.2 Å². The Morgan fingerprint density at radius 3 is 2.72 bits per heavy atom. The summed E-state index contributed by atoms with van der Waals surface area (Å²) in [6.45, 7) is 0. The number of rotatable bonds is 2. The second-order valence-corrected chi connectivity index (χ2v) is 4.70. The van der Waals surface area contributed by atoms with E-state index in [1.54, 1.807) is 12.1 Å². The highest BCUT2D eigenvalue weighted by Crippen LogP contribution is 2.12. The van der Waals surface area contributed by atoms with Gasteiger partial charge in [0.05, 0.1) is 12.0 Å². The number of halogens is 1. The van der Waals surface area contributed by atoms with E-state index in [4.69, 9.17) is 0 Å². The molecule has 1 atom stereocenters. The fourth-order valence-electron chi connectivity index (χ4n) is 1.62. The molecule has 3 amide bonds. The number of carbonyl (C=O) groups is 3. The minimum Gasteiger partial charge on any atom is -0.340 e. The fourth-order valence-corrected chi connectivity index (χ4v) is 1.85. The van der Waals surface area contributed by atoms with Crippen LogP contribution in [0.4, 0.5) is 0 Å². The zero-order valence-electron chi connectivity index (χ0n) is 9.51. The van der Waals surface area contributed by atoms with Crippen LogP contribution in [0.25, 0.3) is 0 Å². The molecule has 1 saturated heterocycles. The van der Waals surface area contributed by atoms with Gasteiger partial charge in [-0.25, -0.2) is 4.98 Å². The molecular weight excluding hydrogens is 302 g/mol. The van der Waals surface area contributed by atoms with Gasteiger partial charge in [0.25, 0.3) is 11.8 Å². The zero-order chi connectivity index (χ0) is 13.3. The van der Waals surface area contributed by atoms with Crippen molar-refractivity contribution in [1.82, 2.24) is 15.2 Å². The van der Waals surface area contributed by atoms with Crippen molar-refractivity contribution in [2.45, 2.75) is 12.5 Å². The molecule has 1 aromatic heterocycles. The zero-order valence-corrected chi connectivity index (χ0v) is 11.1. The highest BCUT2D eigenvalue weighted by molar-refractivity contribution is 9.10. The summed E-state index contributed by atoms with van der Waals surface area (Å²) >= 11 is 3.16. The SMILES string of the molecule is CN1C(=O)CC(NC(=O)c2ccc(Br)nc2)C1=O. The number of carbonyl (C=O) groups excluding carboxylic acids is 3. The van der Waals surface area contributed by atoms with E-state index in [0.29, 0.717) is 10.2 Å². The predicted molar refractivity (Wildman–Crippen MR) is 65.6 cm³/mol. The van der Waals surface area contributed by atoms with Crippen molar-refractivity contribution in [3.05, 3.63) is 28.5 Å². The first-order chi connectivity index (χ1) is 8.49. The highest BCUT2D eigenvalue weighted by Gasteiger charge is 2.36. The van der Waals surface area contributed by atoms with Gasteiger partial charge in [-0.2, -0.15) is 0 Å². The maximum atomic E-state index is 11.8. The van der Waals surface area contributed by atoms with Crippen molar-refractivity contribution in [3.63, 3.8) is 0 Å². The summed E-state index contributed by atoms with van der Waals surface area (Å²) in [6, 6.07) is 2.43. The van der Waals surface area contributed by atoms with Crippen molar-refractivity contribution in [1.29, 1.82) is 0 Å². The number of hydrogen-bond donors (Lipinski definition) is 1. The lowest BCUT2D eigenvalue weighted by atomic mass is 10.2. The Hall–Kier alpha value is -1.76. The summed E-state index contributed by atoms with van der Waals surface area (Å²) in [7, 11) is 1.40. The molecule has 1 aliphatic heterocycles. The Morgan fingerprint density at radius 2 is 2.22 bits per heavy atom. The number of amides is 3. The molecule has 18 heavy (non-hydrogen) atoms.